The van der Waals surface area contributed by atoms with E-state index in [9.17, 15) is 22.3 Å². The van der Waals surface area contributed by atoms with Gasteiger partial charge in [0.25, 0.3) is 15.5 Å². The monoisotopic (exact) mass is 607 g/mol. The van der Waals surface area contributed by atoms with Crippen LogP contribution in [-0.4, -0.2) is 62.1 Å². The lowest BCUT2D eigenvalue weighted by molar-refractivity contribution is -0.133. The summed E-state index contributed by atoms with van der Waals surface area (Å²) in [4.78, 5) is 25.2. The second-order valence-corrected chi connectivity index (χ2v) is 12.8. The van der Waals surface area contributed by atoms with Gasteiger partial charge in [0.1, 0.15) is 6.04 Å². The van der Waals surface area contributed by atoms with Crippen molar-refractivity contribution in [1.29, 1.82) is 0 Å². The first-order valence-corrected chi connectivity index (χ1v) is 16.1. The summed E-state index contributed by atoms with van der Waals surface area (Å²) in [6.45, 7) is 2.07. The molecule has 0 saturated carbocycles. The van der Waals surface area contributed by atoms with E-state index in [1.165, 1.54) is 55.0 Å². The van der Waals surface area contributed by atoms with E-state index >= 15 is 0 Å². The number of pyridine rings is 2. The van der Waals surface area contributed by atoms with Gasteiger partial charge >= 0.3 is 0 Å². The highest BCUT2D eigenvalue weighted by Crippen LogP contribution is 2.23. The largest absolute Gasteiger partial charge is 0.593 e. The third kappa shape index (κ3) is 7.24. The van der Waals surface area contributed by atoms with E-state index in [1.54, 1.807) is 23.1 Å². The van der Waals surface area contributed by atoms with Gasteiger partial charge in [0, 0.05) is 56.7 Å². The highest BCUT2D eigenvalue weighted by molar-refractivity contribution is 7.95. The summed E-state index contributed by atoms with van der Waals surface area (Å²) >= 11 is 0. The molecule has 42 heavy (non-hydrogen) atoms. The number of hydrogen-bond acceptors (Lipinski definition) is 9. The molecule has 2 aromatic carbocycles. The number of benzene rings is 2. The SMILES string of the molecule is O=C([C@H](Cc1ccc(O[S+](=O)([O-])c2ccccn2)cc1)N[S+](=O)([O-])c1cccnc1)N1CCN(c2ccccc2)CC1. The number of nitrogens with one attached hydrogen (secondary N) is 1. The van der Waals surface area contributed by atoms with Gasteiger partial charge in [-0.3, -0.25) is 14.0 Å². The number of rotatable bonds is 10. The van der Waals surface area contributed by atoms with Crippen molar-refractivity contribution in [1.82, 2.24) is 19.6 Å². The van der Waals surface area contributed by atoms with Crippen LogP contribution in [0.25, 0.3) is 0 Å². The molecule has 0 spiro atoms. The Morgan fingerprint density at radius 2 is 1.60 bits per heavy atom. The van der Waals surface area contributed by atoms with E-state index in [-0.39, 0.29) is 28.0 Å². The van der Waals surface area contributed by atoms with E-state index in [0.29, 0.717) is 31.7 Å². The minimum absolute atomic E-state index is 0.0322. The number of hydrogen-bond donors (Lipinski definition) is 1. The Labute approximate surface area is 246 Å². The van der Waals surface area contributed by atoms with E-state index in [4.69, 9.17) is 4.18 Å². The van der Waals surface area contributed by atoms with Crippen LogP contribution in [-0.2, 0) is 40.5 Å². The van der Waals surface area contributed by atoms with Crippen LogP contribution in [0.1, 0.15) is 5.56 Å². The molecule has 13 heteroatoms. The van der Waals surface area contributed by atoms with Gasteiger partial charge in [-0.15, -0.1) is 4.72 Å². The fourth-order valence-electron chi connectivity index (χ4n) is 4.57. The topological polar surface area (TPSA) is 151 Å². The number of piperazine rings is 1. The van der Waals surface area contributed by atoms with Crippen LogP contribution in [0.5, 0.6) is 5.75 Å². The molecule has 0 aliphatic carbocycles. The van der Waals surface area contributed by atoms with Crippen molar-refractivity contribution in [3.63, 3.8) is 0 Å². The Hall–Kier alpha value is -4.01. The van der Waals surface area contributed by atoms with Crippen LogP contribution in [0.2, 0.25) is 0 Å². The lowest BCUT2D eigenvalue weighted by atomic mass is 10.0. The van der Waals surface area contributed by atoms with Crippen molar-refractivity contribution in [2.24, 2.45) is 0 Å². The first-order valence-electron chi connectivity index (χ1n) is 13.2. The molecule has 3 atom stereocenters. The molecular formula is C29H29N5O6S2. The zero-order valence-corrected chi connectivity index (χ0v) is 24.1. The number of sulfonamides is 1. The highest BCUT2D eigenvalue weighted by Gasteiger charge is 2.34. The van der Waals surface area contributed by atoms with Crippen molar-refractivity contribution in [2.75, 3.05) is 31.1 Å². The molecule has 5 rings (SSSR count). The number of para-hydroxylation sites is 1. The Kier molecular flexibility index (Phi) is 9.04. The molecule has 1 saturated heterocycles. The van der Waals surface area contributed by atoms with Gasteiger partial charge in [0.15, 0.2) is 21.0 Å². The van der Waals surface area contributed by atoms with Crippen molar-refractivity contribution < 1.29 is 26.5 Å². The third-order valence-electron chi connectivity index (χ3n) is 6.72. The van der Waals surface area contributed by atoms with Crippen LogP contribution in [0.3, 0.4) is 0 Å². The second-order valence-electron chi connectivity index (χ2n) is 9.56. The van der Waals surface area contributed by atoms with Gasteiger partial charge < -0.3 is 18.9 Å². The lowest BCUT2D eigenvalue weighted by Crippen LogP contribution is -2.56. The molecule has 1 aliphatic heterocycles. The molecule has 4 aromatic rings. The minimum atomic E-state index is -4.13. The Morgan fingerprint density at radius 1 is 0.881 bits per heavy atom. The fourth-order valence-corrected chi connectivity index (χ4v) is 6.60. The first-order chi connectivity index (χ1) is 20.2. The lowest BCUT2D eigenvalue weighted by Gasteiger charge is -2.37. The van der Waals surface area contributed by atoms with E-state index in [2.05, 4.69) is 19.6 Å². The van der Waals surface area contributed by atoms with Crippen LogP contribution in [0.15, 0.2) is 113 Å². The number of nitrogens with zero attached hydrogens (tertiary/aromatic N) is 4. The summed E-state index contributed by atoms with van der Waals surface area (Å²) in [5.41, 5.74) is 1.67. The maximum atomic E-state index is 13.7. The molecule has 1 fully saturated rings. The first kappa shape index (κ1) is 29.5. The van der Waals surface area contributed by atoms with Crippen molar-refractivity contribution in [3.8, 4) is 5.75 Å². The number of carbonyl (C=O) groups is 1. The van der Waals surface area contributed by atoms with Gasteiger partial charge in [-0.25, -0.2) is 4.98 Å². The summed E-state index contributed by atoms with van der Waals surface area (Å²) in [6, 6.07) is 22.2. The summed E-state index contributed by atoms with van der Waals surface area (Å²) in [7, 11) is -8.19. The van der Waals surface area contributed by atoms with Gasteiger partial charge in [-0.2, -0.15) is 0 Å². The molecule has 1 aliphatic rings. The van der Waals surface area contributed by atoms with Crippen LogP contribution >= 0.6 is 0 Å². The number of amides is 1. The maximum absolute atomic E-state index is 13.7. The standard InChI is InChI=1S/C29H29N5O6S2/c35-29(34-19-17-33(18-20-34)24-7-2-1-3-8-24)27(32-41(36,37)26-9-6-15-30-22-26)21-23-11-13-25(14-12-23)40-42(38,39)28-10-4-5-16-31-28/h1-16,22,27H,17-21H2,(H-2,32,36,37,38,39)/t27-/m0/s1. The second kappa shape index (κ2) is 12.9. The van der Waals surface area contributed by atoms with Crippen LogP contribution < -0.4 is 13.8 Å². The van der Waals surface area contributed by atoms with Crippen molar-refractivity contribution in [2.45, 2.75) is 22.4 Å². The van der Waals surface area contributed by atoms with E-state index < -0.39 is 26.9 Å². The molecule has 1 amide bonds. The highest BCUT2D eigenvalue weighted by atomic mass is 32.3. The minimum Gasteiger partial charge on any atom is -0.593 e. The number of anilines is 1. The van der Waals surface area contributed by atoms with Gasteiger partial charge in [0.2, 0.25) is 5.91 Å². The fraction of sp³-hybridized carbons (Fsp3) is 0.207. The van der Waals surface area contributed by atoms with Gasteiger partial charge in [-0.1, -0.05) is 44.8 Å². The molecule has 1 N–H and O–H groups in total. The van der Waals surface area contributed by atoms with Gasteiger partial charge in [-0.05, 0) is 48.0 Å². The third-order valence-corrected chi connectivity index (χ3v) is 9.34. The Bertz CT molecular complexity index is 1570. The molecule has 2 aromatic heterocycles. The zero-order valence-electron chi connectivity index (χ0n) is 22.5. The molecule has 218 valence electrons. The van der Waals surface area contributed by atoms with Gasteiger partial charge in [0.05, 0.1) is 6.20 Å². The van der Waals surface area contributed by atoms with Crippen LogP contribution in [0, 0.1) is 0 Å². The zero-order chi connectivity index (χ0) is 29.6. The quantitative estimate of drug-likeness (QED) is 0.268. The average molecular weight is 608 g/mol. The summed E-state index contributed by atoms with van der Waals surface area (Å²) in [5.74, 6) is -0.298. The normalized spacial score (nSPS) is 17.1. The predicted molar refractivity (Wildman–Crippen MR) is 156 cm³/mol. The average Bonchev–Trinajstić information content (AvgIpc) is 3.02. The molecule has 2 unspecified atom stereocenters. The summed E-state index contributed by atoms with van der Waals surface area (Å²) < 4.78 is 59.1. The predicted octanol–water partition coefficient (Wildman–Crippen LogP) is 2.91. The smallest absolute Gasteiger partial charge is 0.290 e. The Balaban J connectivity index is 1.31. The Morgan fingerprint density at radius 3 is 2.24 bits per heavy atom. The maximum Gasteiger partial charge on any atom is 0.290 e. The number of aromatic nitrogens is 2. The van der Waals surface area contributed by atoms with E-state index in [1.807, 2.05) is 30.3 Å². The molecular weight excluding hydrogens is 578 g/mol. The van der Waals surface area contributed by atoms with Crippen molar-refractivity contribution >= 4 is 32.5 Å². The van der Waals surface area contributed by atoms with E-state index in [0.717, 1.165) is 5.69 Å². The molecule has 0 radical (unpaired) electrons. The summed E-state index contributed by atoms with van der Waals surface area (Å²) in [5, 5.41) is -0.225. The molecule has 3 heterocycles. The molecule has 11 nitrogen and oxygen atoms in total. The summed E-state index contributed by atoms with van der Waals surface area (Å²) in [6.07, 6.45) is 4.07. The van der Waals surface area contributed by atoms with Crippen molar-refractivity contribution in [3.05, 3.63) is 109 Å². The number of carbonyl (C=O) groups excluding carboxylic acids is 1. The molecule has 0 bridgehead atoms. The van der Waals surface area contributed by atoms with Crippen LogP contribution in [0.4, 0.5) is 5.69 Å².